The number of non-ortho nitro benzene ring substituents is 1. The van der Waals surface area contributed by atoms with E-state index in [1.165, 1.54) is 5.56 Å². The molecule has 1 aliphatic rings. The number of nitrogens with one attached hydrogen (secondary N) is 1. The van der Waals surface area contributed by atoms with E-state index in [4.69, 9.17) is 4.74 Å². The molecule has 118 valence electrons. The summed E-state index contributed by atoms with van der Waals surface area (Å²) in [6, 6.07) is 5.03. The summed E-state index contributed by atoms with van der Waals surface area (Å²) < 4.78 is 5.35. The fraction of sp³-hybridized carbons (Fsp3) is 0.500. The number of ether oxygens (including phenoxy) is 1. The largest absolute Gasteiger partial charge is 0.379 e. The average molecular weight is 303 g/mol. The van der Waals surface area contributed by atoms with Crippen molar-refractivity contribution in [1.29, 1.82) is 0 Å². The standard InChI is InChI=1S/C16H21N3O3/c1-12-14(3-2-6-18-7-9-22-10-8-18)15-11-13(19(20)21)4-5-16(15)17-12/h4-5,11,17H,2-3,6-10H2,1H3. The molecular formula is C16H21N3O3. The van der Waals surface area contributed by atoms with Crippen LogP contribution in [0.4, 0.5) is 5.69 Å². The summed E-state index contributed by atoms with van der Waals surface area (Å²) in [5.74, 6) is 0. The Hall–Kier alpha value is -1.92. The Morgan fingerprint density at radius 3 is 2.86 bits per heavy atom. The number of nitro groups is 1. The molecule has 0 aliphatic carbocycles. The van der Waals surface area contributed by atoms with Crippen molar-refractivity contribution in [2.45, 2.75) is 19.8 Å². The third-order valence-corrected chi connectivity index (χ3v) is 4.32. The number of benzene rings is 1. The van der Waals surface area contributed by atoms with Gasteiger partial charge in [-0.1, -0.05) is 0 Å². The van der Waals surface area contributed by atoms with E-state index >= 15 is 0 Å². The molecule has 1 saturated heterocycles. The molecule has 1 aromatic carbocycles. The highest BCUT2D eigenvalue weighted by Gasteiger charge is 2.14. The quantitative estimate of drug-likeness (QED) is 0.681. The van der Waals surface area contributed by atoms with Gasteiger partial charge < -0.3 is 9.72 Å². The van der Waals surface area contributed by atoms with Crippen LogP contribution in [0.25, 0.3) is 10.9 Å². The molecule has 6 heteroatoms. The van der Waals surface area contributed by atoms with Gasteiger partial charge in [0.25, 0.3) is 5.69 Å². The second kappa shape index (κ2) is 6.46. The summed E-state index contributed by atoms with van der Waals surface area (Å²) in [5.41, 5.74) is 3.44. The topological polar surface area (TPSA) is 71.4 Å². The zero-order valence-corrected chi connectivity index (χ0v) is 12.8. The number of hydrogen-bond donors (Lipinski definition) is 1. The van der Waals surface area contributed by atoms with Crippen LogP contribution < -0.4 is 0 Å². The van der Waals surface area contributed by atoms with Crippen molar-refractivity contribution >= 4 is 16.6 Å². The number of nitro benzene ring substituents is 1. The number of aromatic nitrogens is 1. The number of fused-ring (bicyclic) bond motifs is 1. The summed E-state index contributed by atoms with van der Waals surface area (Å²) in [7, 11) is 0. The molecule has 0 saturated carbocycles. The summed E-state index contributed by atoms with van der Waals surface area (Å²) in [6.07, 6.45) is 1.99. The first kappa shape index (κ1) is 15.0. The van der Waals surface area contributed by atoms with Gasteiger partial charge in [0.1, 0.15) is 0 Å². The second-order valence-corrected chi connectivity index (χ2v) is 5.77. The fourth-order valence-electron chi connectivity index (χ4n) is 3.11. The maximum atomic E-state index is 11.0. The zero-order chi connectivity index (χ0) is 15.5. The molecule has 1 N–H and O–H groups in total. The molecule has 6 nitrogen and oxygen atoms in total. The first-order valence-corrected chi connectivity index (χ1v) is 7.71. The van der Waals surface area contributed by atoms with Crippen LogP contribution in [0, 0.1) is 17.0 Å². The van der Waals surface area contributed by atoms with E-state index in [1.54, 1.807) is 18.2 Å². The molecule has 0 bridgehead atoms. The lowest BCUT2D eigenvalue weighted by molar-refractivity contribution is -0.384. The highest BCUT2D eigenvalue weighted by atomic mass is 16.6. The third kappa shape index (κ3) is 3.13. The number of H-pyrrole nitrogens is 1. The molecule has 0 atom stereocenters. The lowest BCUT2D eigenvalue weighted by Gasteiger charge is -2.26. The number of morpholine rings is 1. The minimum absolute atomic E-state index is 0.154. The maximum Gasteiger partial charge on any atom is 0.270 e. The van der Waals surface area contributed by atoms with Gasteiger partial charge >= 0.3 is 0 Å². The molecule has 0 unspecified atom stereocenters. The van der Waals surface area contributed by atoms with Crippen LogP contribution in [0.5, 0.6) is 0 Å². The summed E-state index contributed by atoms with van der Waals surface area (Å²) in [6.45, 7) is 6.72. The van der Waals surface area contributed by atoms with Crippen LogP contribution in [-0.2, 0) is 11.2 Å². The molecule has 0 radical (unpaired) electrons. The molecule has 1 fully saturated rings. The van der Waals surface area contributed by atoms with Crippen LogP contribution in [0.3, 0.4) is 0 Å². The Morgan fingerprint density at radius 2 is 2.14 bits per heavy atom. The van der Waals surface area contributed by atoms with E-state index in [-0.39, 0.29) is 10.6 Å². The Balaban J connectivity index is 1.73. The summed E-state index contributed by atoms with van der Waals surface area (Å²) >= 11 is 0. The highest BCUT2D eigenvalue weighted by molar-refractivity contribution is 5.86. The van der Waals surface area contributed by atoms with E-state index in [0.29, 0.717) is 0 Å². The van der Waals surface area contributed by atoms with Crippen molar-refractivity contribution < 1.29 is 9.66 Å². The Kier molecular flexibility index (Phi) is 4.40. The van der Waals surface area contributed by atoms with Crippen molar-refractivity contribution in [3.8, 4) is 0 Å². The summed E-state index contributed by atoms with van der Waals surface area (Å²) in [5, 5.41) is 11.9. The first-order valence-electron chi connectivity index (χ1n) is 7.71. The van der Waals surface area contributed by atoms with E-state index in [2.05, 4.69) is 9.88 Å². The lowest BCUT2D eigenvalue weighted by atomic mass is 10.0. The molecule has 1 aromatic heterocycles. The Labute approximate surface area is 129 Å². The van der Waals surface area contributed by atoms with Gasteiger partial charge in [-0.05, 0) is 37.9 Å². The van der Waals surface area contributed by atoms with Gasteiger partial charge in [0.2, 0.25) is 0 Å². The van der Waals surface area contributed by atoms with Crippen LogP contribution in [-0.4, -0.2) is 47.7 Å². The predicted molar refractivity (Wildman–Crippen MR) is 85.3 cm³/mol. The van der Waals surface area contributed by atoms with Gasteiger partial charge in [-0.3, -0.25) is 15.0 Å². The van der Waals surface area contributed by atoms with Gasteiger partial charge in [-0.25, -0.2) is 0 Å². The predicted octanol–water partition coefficient (Wildman–Crippen LogP) is 2.65. The van der Waals surface area contributed by atoms with Gasteiger partial charge in [-0.15, -0.1) is 0 Å². The molecule has 1 aliphatic heterocycles. The van der Waals surface area contributed by atoms with E-state index in [9.17, 15) is 10.1 Å². The minimum atomic E-state index is -0.334. The number of hydrogen-bond acceptors (Lipinski definition) is 4. The van der Waals surface area contributed by atoms with Crippen molar-refractivity contribution in [2.75, 3.05) is 32.8 Å². The van der Waals surface area contributed by atoms with Gasteiger partial charge in [0.05, 0.1) is 18.1 Å². The van der Waals surface area contributed by atoms with Crippen LogP contribution >= 0.6 is 0 Å². The Bertz CT molecular complexity index is 675. The van der Waals surface area contributed by atoms with Gasteiger partial charge in [0, 0.05) is 41.8 Å². The van der Waals surface area contributed by atoms with Crippen molar-refractivity contribution in [2.24, 2.45) is 0 Å². The van der Waals surface area contributed by atoms with E-state index in [0.717, 1.165) is 62.3 Å². The maximum absolute atomic E-state index is 11.0. The molecule has 2 aromatic rings. The fourth-order valence-corrected chi connectivity index (χ4v) is 3.11. The highest BCUT2D eigenvalue weighted by Crippen LogP contribution is 2.27. The molecular weight excluding hydrogens is 282 g/mol. The van der Waals surface area contributed by atoms with Crippen molar-refractivity contribution in [1.82, 2.24) is 9.88 Å². The number of rotatable bonds is 5. The monoisotopic (exact) mass is 303 g/mol. The van der Waals surface area contributed by atoms with Crippen LogP contribution in [0.2, 0.25) is 0 Å². The van der Waals surface area contributed by atoms with Crippen molar-refractivity contribution in [3.05, 3.63) is 39.6 Å². The summed E-state index contributed by atoms with van der Waals surface area (Å²) in [4.78, 5) is 16.4. The van der Waals surface area contributed by atoms with E-state index < -0.39 is 0 Å². The number of nitrogens with zero attached hydrogens (tertiary/aromatic N) is 2. The molecule has 22 heavy (non-hydrogen) atoms. The van der Waals surface area contributed by atoms with Gasteiger partial charge in [0.15, 0.2) is 0 Å². The molecule has 0 spiro atoms. The normalized spacial score (nSPS) is 16.2. The first-order chi connectivity index (χ1) is 10.6. The molecule has 2 heterocycles. The zero-order valence-electron chi connectivity index (χ0n) is 12.8. The number of aromatic amines is 1. The third-order valence-electron chi connectivity index (χ3n) is 4.32. The van der Waals surface area contributed by atoms with Crippen LogP contribution in [0.15, 0.2) is 18.2 Å². The van der Waals surface area contributed by atoms with Gasteiger partial charge in [-0.2, -0.15) is 0 Å². The Morgan fingerprint density at radius 1 is 1.36 bits per heavy atom. The second-order valence-electron chi connectivity index (χ2n) is 5.77. The smallest absolute Gasteiger partial charge is 0.270 e. The number of aryl methyl sites for hydroxylation is 2. The van der Waals surface area contributed by atoms with Crippen LogP contribution in [0.1, 0.15) is 17.7 Å². The SMILES string of the molecule is Cc1[nH]c2ccc([N+](=O)[O-])cc2c1CCCN1CCOCC1. The average Bonchev–Trinajstić information content (AvgIpc) is 2.83. The van der Waals surface area contributed by atoms with Crippen molar-refractivity contribution in [3.63, 3.8) is 0 Å². The molecule has 3 rings (SSSR count). The van der Waals surface area contributed by atoms with E-state index in [1.807, 2.05) is 6.92 Å². The molecule has 0 amide bonds. The lowest BCUT2D eigenvalue weighted by Crippen LogP contribution is -2.36. The minimum Gasteiger partial charge on any atom is -0.379 e.